The number of para-hydroxylation sites is 2. The third-order valence-corrected chi connectivity index (χ3v) is 8.83. The molecule has 3 aromatic carbocycles. The van der Waals surface area contributed by atoms with Crippen molar-refractivity contribution in [1.29, 1.82) is 0 Å². The Bertz CT molecular complexity index is 1420. The van der Waals surface area contributed by atoms with Crippen molar-refractivity contribution in [3.05, 3.63) is 84.7 Å². The van der Waals surface area contributed by atoms with Gasteiger partial charge in [0, 0.05) is 16.3 Å². The molecule has 0 atom stereocenters. The third kappa shape index (κ3) is 5.90. The molecule has 0 unspecified atom stereocenters. The molecule has 10 heteroatoms. The first-order valence-corrected chi connectivity index (χ1v) is 14.8. The van der Waals surface area contributed by atoms with Crippen LogP contribution in [0, 0.1) is 0 Å². The summed E-state index contributed by atoms with van der Waals surface area (Å²) in [6.07, 6.45) is 2.01. The zero-order valence-electron chi connectivity index (χ0n) is 18.7. The molecule has 0 aliphatic heterocycles. The lowest BCUT2D eigenvalue weighted by molar-refractivity contribution is -0.113. The molecule has 5 aromatic rings. The van der Waals surface area contributed by atoms with E-state index in [1.54, 1.807) is 34.9 Å². The Kier molecular flexibility index (Phi) is 7.72. The fourth-order valence-corrected chi connectivity index (χ4v) is 6.60. The fourth-order valence-electron chi connectivity index (χ4n) is 3.39. The molecule has 5 rings (SSSR count). The van der Waals surface area contributed by atoms with E-state index in [2.05, 4.69) is 21.6 Å². The normalized spacial score (nSPS) is 11.1. The number of thioether (sulfide) groups is 3. The van der Waals surface area contributed by atoms with E-state index in [9.17, 15) is 4.79 Å². The van der Waals surface area contributed by atoms with Crippen molar-refractivity contribution in [3.63, 3.8) is 0 Å². The molecule has 6 nitrogen and oxygen atoms in total. The van der Waals surface area contributed by atoms with Crippen LogP contribution in [0.5, 0.6) is 0 Å². The largest absolute Gasteiger partial charge is 0.325 e. The van der Waals surface area contributed by atoms with Crippen LogP contribution in [0.2, 0.25) is 0 Å². The number of thiazole rings is 1. The number of benzene rings is 3. The van der Waals surface area contributed by atoms with Crippen LogP contribution in [-0.2, 0) is 10.5 Å². The number of hydrogen-bond acceptors (Lipinski definition) is 8. The van der Waals surface area contributed by atoms with Gasteiger partial charge in [-0.1, -0.05) is 59.9 Å². The van der Waals surface area contributed by atoms with Gasteiger partial charge in [0.15, 0.2) is 9.50 Å². The van der Waals surface area contributed by atoms with Gasteiger partial charge >= 0.3 is 0 Å². The molecule has 0 aliphatic rings. The minimum atomic E-state index is -0.0822. The summed E-state index contributed by atoms with van der Waals surface area (Å²) in [5.74, 6) is 1.59. The topological polar surface area (TPSA) is 72.7 Å². The first-order chi connectivity index (χ1) is 17.2. The second kappa shape index (κ2) is 11.3. The summed E-state index contributed by atoms with van der Waals surface area (Å²) in [5, 5.41) is 12.5. The molecule has 2 heterocycles. The van der Waals surface area contributed by atoms with Crippen LogP contribution in [0.3, 0.4) is 0 Å². The lowest BCUT2D eigenvalue weighted by atomic mass is 10.3. The maximum absolute atomic E-state index is 12.6. The number of hydrogen-bond donors (Lipinski definition) is 1. The maximum atomic E-state index is 12.6. The van der Waals surface area contributed by atoms with Gasteiger partial charge in [0.05, 0.1) is 21.7 Å². The van der Waals surface area contributed by atoms with Gasteiger partial charge in [0.25, 0.3) is 0 Å². The van der Waals surface area contributed by atoms with Gasteiger partial charge < -0.3 is 5.32 Å². The Balaban J connectivity index is 1.31. The number of rotatable bonds is 9. The predicted molar refractivity (Wildman–Crippen MR) is 148 cm³/mol. The van der Waals surface area contributed by atoms with E-state index in [4.69, 9.17) is 4.98 Å². The number of nitrogens with zero attached hydrogens (tertiary/aromatic N) is 4. The quantitative estimate of drug-likeness (QED) is 0.213. The summed E-state index contributed by atoms with van der Waals surface area (Å²) in [6, 6.07) is 26.0. The second-order valence-corrected chi connectivity index (χ2v) is 11.5. The highest BCUT2D eigenvalue weighted by molar-refractivity contribution is 8.00. The Labute approximate surface area is 220 Å². The molecule has 0 radical (unpaired) electrons. The van der Waals surface area contributed by atoms with Crippen LogP contribution in [0.15, 0.2) is 93.3 Å². The lowest BCUT2D eigenvalue weighted by Crippen LogP contribution is -2.14. The lowest BCUT2D eigenvalue weighted by Gasteiger charge is -2.10. The number of carbonyl (C=O) groups excluding carboxylic acids is 1. The van der Waals surface area contributed by atoms with Crippen molar-refractivity contribution in [2.75, 3.05) is 17.3 Å². The highest BCUT2D eigenvalue weighted by Gasteiger charge is 2.17. The molecule has 0 bridgehead atoms. The summed E-state index contributed by atoms with van der Waals surface area (Å²) in [4.78, 5) is 18.4. The van der Waals surface area contributed by atoms with Crippen LogP contribution in [0.4, 0.5) is 5.69 Å². The Morgan fingerprint density at radius 3 is 2.63 bits per heavy atom. The molecule has 176 valence electrons. The van der Waals surface area contributed by atoms with Crippen molar-refractivity contribution >= 4 is 68.4 Å². The molecule has 0 saturated carbocycles. The zero-order valence-corrected chi connectivity index (χ0v) is 22.0. The average molecular weight is 536 g/mol. The van der Waals surface area contributed by atoms with Crippen molar-refractivity contribution < 1.29 is 4.79 Å². The van der Waals surface area contributed by atoms with E-state index in [1.807, 2.05) is 83.6 Å². The highest BCUT2D eigenvalue weighted by atomic mass is 32.2. The molecule has 1 N–H and O–H groups in total. The van der Waals surface area contributed by atoms with Crippen LogP contribution < -0.4 is 5.32 Å². The predicted octanol–water partition coefficient (Wildman–Crippen LogP) is 6.62. The van der Waals surface area contributed by atoms with Crippen LogP contribution in [0.25, 0.3) is 15.9 Å². The van der Waals surface area contributed by atoms with Crippen molar-refractivity contribution in [2.45, 2.75) is 20.1 Å². The van der Waals surface area contributed by atoms with Gasteiger partial charge in [0.2, 0.25) is 5.91 Å². The summed E-state index contributed by atoms with van der Waals surface area (Å²) < 4.78 is 4.19. The number of nitrogens with one attached hydrogen (secondary N) is 1. The van der Waals surface area contributed by atoms with Gasteiger partial charge in [-0.15, -0.1) is 33.3 Å². The van der Waals surface area contributed by atoms with E-state index < -0.39 is 0 Å². The zero-order chi connectivity index (χ0) is 24.0. The van der Waals surface area contributed by atoms with Crippen LogP contribution in [0.1, 0.15) is 5.82 Å². The van der Waals surface area contributed by atoms with E-state index in [0.717, 1.165) is 32.0 Å². The van der Waals surface area contributed by atoms with Gasteiger partial charge in [0.1, 0.15) is 5.82 Å². The molecular weight excluding hydrogens is 515 g/mol. The monoisotopic (exact) mass is 535 g/mol. The van der Waals surface area contributed by atoms with Crippen molar-refractivity contribution in [2.24, 2.45) is 0 Å². The fraction of sp³-hybridized carbons (Fsp3) is 0.120. The van der Waals surface area contributed by atoms with Gasteiger partial charge in [-0.05, 0) is 48.7 Å². The molecule has 2 aromatic heterocycles. The first-order valence-electron chi connectivity index (χ1n) is 10.7. The number of fused-ring (bicyclic) bond motifs is 1. The molecule has 35 heavy (non-hydrogen) atoms. The van der Waals surface area contributed by atoms with Gasteiger partial charge in [-0.3, -0.25) is 9.36 Å². The number of amides is 1. The molecular formula is C25H21N5OS4. The van der Waals surface area contributed by atoms with Crippen LogP contribution >= 0.6 is 46.6 Å². The summed E-state index contributed by atoms with van der Waals surface area (Å²) >= 11 is 6.34. The SMILES string of the molecule is CSc1cccc(NC(=O)CSc2nnc(CSc3nc4ccccc4s3)n2-c2ccccc2)c1. The minimum Gasteiger partial charge on any atom is -0.325 e. The standard InChI is InChI=1S/C25H21N5OS4/c1-32-19-11-7-8-17(14-19)26-23(31)16-33-24-29-28-22(30(24)18-9-3-2-4-10-18)15-34-25-27-20-12-5-6-13-21(20)35-25/h2-14H,15-16H2,1H3,(H,26,31). The molecule has 0 fully saturated rings. The van der Waals surface area contributed by atoms with E-state index in [1.165, 1.54) is 16.5 Å². The summed E-state index contributed by atoms with van der Waals surface area (Å²) in [6.45, 7) is 0. The Morgan fingerprint density at radius 1 is 0.971 bits per heavy atom. The highest BCUT2D eigenvalue weighted by Crippen LogP contribution is 2.32. The molecule has 1 amide bonds. The Morgan fingerprint density at radius 2 is 1.80 bits per heavy atom. The van der Waals surface area contributed by atoms with E-state index in [-0.39, 0.29) is 11.7 Å². The first kappa shape index (κ1) is 23.9. The van der Waals surface area contributed by atoms with E-state index >= 15 is 0 Å². The van der Waals surface area contributed by atoms with Crippen LogP contribution in [-0.4, -0.2) is 37.7 Å². The maximum Gasteiger partial charge on any atom is 0.234 e. The second-order valence-electron chi connectivity index (χ2n) is 7.37. The minimum absolute atomic E-state index is 0.0822. The molecule has 0 saturated heterocycles. The third-order valence-electron chi connectivity index (χ3n) is 5.00. The number of aromatic nitrogens is 4. The van der Waals surface area contributed by atoms with Crippen molar-refractivity contribution in [1.82, 2.24) is 19.7 Å². The van der Waals surface area contributed by atoms with Crippen molar-refractivity contribution in [3.8, 4) is 5.69 Å². The van der Waals surface area contributed by atoms with Gasteiger partial charge in [-0.25, -0.2) is 4.98 Å². The van der Waals surface area contributed by atoms with E-state index in [0.29, 0.717) is 10.9 Å². The molecule has 0 spiro atoms. The average Bonchev–Trinajstić information content (AvgIpc) is 3.50. The summed E-state index contributed by atoms with van der Waals surface area (Å²) in [7, 11) is 0. The number of carbonyl (C=O) groups is 1. The summed E-state index contributed by atoms with van der Waals surface area (Å²) in [5.41, 5.74) is 2.77. The smallest absolute Gasteiger partial charge is 0.234 e. The van der Waals surface area contributed by atoms with Gasteiger partial charge in [-0.2, -0.15) is 0 Å². The Hall–Kier alpha value is -2.79. The molecule has 0 aliphatic carbocycles. The number of anilines is 1.